The second-order valence-corrected chi connectivity index (χ2v) is 6.03. The van der Waals surface area contributed by atoms with Gasteiger partial charge in [0.1, 0.15) is 5.75 Å². The first kappa shape index (κ1) is 18.2. The summed E-state index contributed by atoms with van der Waals surface area (Å²) >= 11 is 0. The van der Waals surface area contributed by atoms with E-state index in [1.54, 1.807) is 13.0 Å². The van der Waals surface area contributed by atoms with Crippen molar-refractivity contribution in [3.05, 3.63) is 88.2 Å². The number of hydrogen-bond acceptors (Lipinski definition) is 4. The van der Waals surface area contributed by atoms with Gasteiger partial charge in [0.25, 0.3) is 11.6 Å². The highest BCUT2D eigenvalue weighted by Crippen LogP contribution is 2.22. The maximum Gasteiger partial charge on any atom is 0.272 e. The summed E-state index contributed by atoms with van der Waals surface area (Å²) in [7, 11) is 0. The molecule has 0 aliphatic rings. The van der Waals surface area contributed by atoms with Crippen molar-refractivity contribution >= 4 is 11.6 Å². The van der Waals surface area contributed by atoms with Crippen LogP contribution >= 0.6 is 0 Å². The Labute approximate surface area is 156 Å². The fourth-order valence-electron chi connectivity index (χ4n) is 2.62. The first-order valence-corrected chi connectivity index (χ1v) is 8.40. The molecule has 0 spiro atoms. The Morgan fingerprint density at radius 2 is 1.85 bits per heavy atom. The van der Waals surface area contributed by atoms with Gasteiger partial charge in [-0.25, -0.2) is 0 Å². The summed E-state index contributed by atoms with van der Waals surface area (Å²) in [4.78, 5) is 22.3. The predicted octanol–water partition coefficient (Wildman–Crippen LogP) is 3.39. The molecule has 0 saturated carbocycles. The molecule has 0 aliphatic heterocycles. The van der Waals surface area contributed by atoms with E-state index in [4.69, 9.17) is 4.74 Å². The minimum Gasteiger partial charge on any atom is -0.484 e. The molecule has 0 saturated heterocycles. The zero-order valence-electron chi connectivity index (χ0n) is 14.8. The van der Waals surface area contributed by atoms with Crippen molar-refractivity contribution in [1.29, 1.82) is 0 Å². The Morgan fingerprint density at radius 1 is 1.15 bits per heavy atom. The molecule has 0 bridgehead atoms. The van der Waals surface area contributed by atoms with Crippen molar-refractivity contribution in [1.82, 2.24) is 9.88 Å². The van der Waals surface area contributed by atoms with Crippen LogP contribution in [0.25, 0.3) is 5.69 Å². The molecule has 3 rings (SSSR count). The largest absolute Gasteiger partial charge is 0.484 e. The molecule has 1 amide bonds. The lowest BCUT2D eigenvalue weighted by Crippen LogP contribution is -2.28. The number of carbonyl (C=O) groups excluding carboxylic acids is 1. The molecule has 27 heavy (non-hydrogen) atoms. The highest BCUT2D eigenvalue weighted by atomic mass is 16.6. The van der Waals surface area contributed by atoms with E-state index in [0.29, 0.717) is 17.9 Å². The highest BCUT2D eigenvalue weighted by molar-refractivity contribution is 5.77. The van der Waals surface area contributed by atoms with Crippen LogP contribution in [0.3, 0.4) is 0 Å². The zero-order valence-corrected chi connectivity index (χ0v) is 14.8. The van der Waals surface area contributed by atoms with Crippen molar-refractivity contribution in [2.24, 2.45) is 0 Å². The van der Waals surface area contributed by atoms with Crippen LogP contribution in [0.1, 0.15) is 11.1 Å². The number of aromatic nitrogens is 1. The molecule has 1 N–H and O–H groups in total. The number of nitrogens with one attached hydrogen (secondary N) is 1. The van der Waals surface area contributed by atoms with Gasteiger partial charge >= 0.3 is 0 Å². The van der Waals surface area contributed by atoms with E-state index >= 15 is 0 Å². The van der Waals surface area contributed by atoms with Gasteiger partial charge in [0.2, 0.25) is 0 Å². The van der Waals surface area contributed by atoms with Gasteiger partial charge in [-0.3, -0.25) is 14.9 Å². The monoisotopic (exact) mass is 365 g/mol. The smallest absolute Gasteiger partial charge is 0.272 e. The number of nitro benzene ring substituents is 1. The summed E-state index contributed by atoms with van der Waals surface area (Å²) in [5.41, 5.74) is 2.54. The lowest BCUT2D eigenvalue weighted by Gasteiger charge is -2.09. The molecule has 138 valence electrons. The van der Waals surface area contributed by atoms with E-state index in [-0.39, 0.29) is 18.2 Å². The predicted molar refractivity (Wildman–Crippen MR) is 101 cm³/mol. The maximum absolute atomic E-state index is 12.0. The average Bonchev–Trinajstić information content (AvgIpc) is 3.19. The molecular formula is C20H19N3O4. The third kappa shape index (κ3) is 4.72. The number of nitrogens with zero attached hydrogens (tertiary/aromatic N) is 2. The second-order valence-electron chi connectivity index (χ2n) is 6.03. The van der Waals surface area contributed by atoms with E-state index in [1.165, 1.54) is 12.1 Å². The molecule has 0 atom stereocenters. The molecule has 7 heteroatoms. The molecule has 0 radical (unpaired) electrons. The van der Waals surface area contributed by atoms with Crippen molar-refractivity contribution < 1.29 is 14.5 Å². The Kier molecular flexibility index (Phi) is 5.51. The molecule has 0 aliphatic carbocycles. The summed E-state index contributed by atoms with van der Waals surface area (Å²) in [6.07, 6.45) is 3.93. The minimum absolute atomic E-state index is 0.0233. The number of carbonyl (C=O) groups is 1. The average molecular weight is 365 g/mol. The zero-order chi connectivity index (χ0) is 19.2. The normalized spacial score (nSPS) is 10.4. The Balaban J connectivity index is 1.48. The summed E-state index contributed by atoms with van der Waals surface area (Å²) in [5, 5.41) is 13.6. The number of ether oxygens (including phenoxy) is 1. The first-order chi connectivity index (χ1) is 13.0. The SMILES string of the molecule is Cc1cc(OCC(=O)NCc2ccc(-n3cccc3)cc2)ccc1[N+](=O)[O-]. The van der Waals surface area contributed by atoms with Crippen molar-refractivity contribution in [2.45, 2.75) is 13.5 Å². The molecule has 0 fully saturated rings. The van der Waals surface area contributed by atoms with Crippen LogP contribution in [0, 0.1) is 17.0 Å². The summed E-state index contributed by atoms with van der Waals surface area (Å²) in [5.74, 6) is 0.157. The van der Waals surface area contributed by atoms with Crippen LogP contribution in [0.15, 0.2) is 67.0 Å². The summed E-state index contributed by atoms with van der Waals surface area (Å²) in [6, 6.07) is 16.2. The number of amides is 1. The molecular weight excluding hydrogens is 346 g/mol. The first-order valence-electron chi connectivity index (χ1n) is 8.40. The number of benzene rings is 2. The van der Waals surface area contributed by atoms with Gasteiger partial charge in [0.15, 0.2) is 6.61 Å². The van der Waals surface area contributed by atoms with Crippen LogP contribution in [0.4, 0.5) is 5.69 Å². The van der Waals surface area contributed by atoms with Gasteiger partial charge in [-0.1, -0.05) is 12.1 Å². The lowest BCUT2D eigenvalue weighted by molar-refractivity contribution is -0.385. The fourth-order valence-corrected chi connectivity index (χ4v) is 2.62. The van der Waals surface area contributed by atoms with E-state index in [2.05, 4.69) is 5.32 Å². The number of aryl methyl sites for hydroxylation is 1. The topological polar surface area (TPSA) is 86.4 Å². The number of nitro groups is 1. The Bertz CT molecular complexity index is 934. The van der Waals surface area contributed by atoms with Gasteiger partial charge < -0.3 is 14.6 Å². The fraction of sp³-hybridized carbons (Fsp3) is 0.150. The van der Waals surface area contributed by atoms with E-state index in [0.717, 1.165) is 11.3 Å². The molecule has 1 heterocycles. The van der Waals surface area contributed by atoms with E-state index in [9.17, 15) is 14.9 Å². The highest BCUT2D eigenvalue weighted by Gasteiger charge is 2.11. The van der Waals surface area contributed by atoms with Crippen LogP contribution < -0.4 is 10.1 Å². The standard InChI is InChI=1S/C20H19N3O4/c1-15-12-18(8-9-19(15)23(25)26)27-14-20(24)21-13-16-4-6-17(7-5-16)22-10-2-3-11-22/h2-12H,13-14H2,1H3,(H,21,24). The van der Waals surface area contributed by atoms with Crippen molar-refractivity contribution in [2.75, 3.05) is 6.61 Å². The summed E-state index contributed by atoms with van der Waals surface area (Å²) < 4.78 is 7.40. The lowest BCUT2D eigenvalue weighted by atomic mass is 10.2. The summed E-state index contributed by atoms with van der Waals surface area (Å²) in [6.45, 7) is 1.87. The Morgan fingerprint density at radius 3 is 2.48 bits per heavy atom. The van der Waals surface area contributed by atoms with Crippen LogP contribution in [-0.4, -0.2) is 22.0 Å². The van der Waals surface area contributed by atoms with Crippen LogP contribution in [-0.2, 0) is 11.3 Å². The third-order valence-corrected chi connectivity index (χ3v) is 4.06. The van der Waals surface area contributed by atoms with Gasteiger partial charge in [-0.15, -0.1) is 0 Å². The van der Waals surface area contributed by atoms with Gasteiger partial charge in [0.05, 0.1) is 4.92 Å². The third-order valence-electron chi connectivity index (χ3n) is 4.06. The van der Waals surface area contributed by atoms with E-state index < -0.39 is 4.92 Å². The molecule has 0 unspecified atom stereocenters. The number of rotatable bonds is 7. The quantitative estimate of drug-likeness (QED) is 0.514. The molecule has 3 aromatic rings. The Hall–Kier alpha value is -3.61. The van der Waals surface area contributed by atoms with Crippen molar-refractivity contribution in [3.8, 4) is 11.4 Å². The van der Waals surface area contributed by atoms with Crippen molar-refractivity contribution in [3.63, 3.8) is 0 Å². The van der Waals surface area contributed by atoms with E-state index in [1.807, 2.05) is 53.4 Å². The molecule has 2 aromatic carbocycles. The van der Waals surface area contributed by atoms with Crippen LogP contribution in [0.5, 0.6) is 5.75 Å². The van der Waals surface area contributed by atoms with Gasteiger partial charge in [-0.05, 0) is 48.9 Å². The molecule has 7 nitrogen and oxygen atoms in total. The minimum atomic E-state index is -0.451. The van der Waals surface area contributed by atoms with Gasteiger partial charge in [0, 0.05) is 36.3 Å². The second kappa shape index (κ2) is 8.18. The maximum atomic E-state index is 12.0. The number of hydrogen-bond donors (Lipinski definition) is 1. The molecule has 1 aromatic heterocycles. The van der Waals surface area contributed by atoms with Gasteiger partial charge in [-0.2, -0.15) is 0 Å². The van der Waals surface area contributed by atoms with Crippen LogP contribution in [0.2, 0.25) is 0 Å².